The number of likely N-dealkylation sites (tertiary alicyclic amines) is 1. The van der Waals surface area contributed by atoms with Crippen LogP contribution in [0.25, 0.3) is 0 Å². The van der Waals surface area contributed by atoms with E-state index in [4.69, 9.17) is 23.2 Å². The predicted octanol–water partition coefficient (Wildman–Crippen LogP) is 5.22. The summed E-state index contributed by atoms with van der Waals surface area (Å²) in [5.41, 5.74) is 5.53. The number of hydrogen-bond acceptors (Lipinski definition) is 3. The molecule has 0 aromatic heterocycles. The number of rotatable bonds is 3. The van der Waals surface area contributed by atoms with Gasteiger partial charge in [-0.2, -0.15) is 0 Å². The highest BCUT2D eigenvalue weighted by molar-refractivity contribution is 6.36. The van der Waals surface area contributed by atoms with Gasteiger partial charge in [-0.3, -0.25) is 19.3 Å². The molecule has 0 radical (unpaired) electrons. The highest BCUT2D eigenvalue weighted by atomic mass is 35.5. The van der Waals surface area contributed by atoms with Crippen LogP contribution in [0.15, 0.2) is 66.7 Å². The van der Waals surface area contributed by atoms with Gasteiger partial charge in [0.05, 0.1) is 11.8 Å². The van der Waals surface area contributed by atoms with Gasteiger partial charge in [0, 0.05) is 5.69 Å². The van der Waals surface area contributed by atoms with E-state index in [9.17, 15) is 14.4 Å². The summed E-state index contributed by atoms with van der Waals surface area (Å²) in [6.07, 6.45) is 0. The number of nitrogens with zero attached hydrogens (tertiary/aromatic N) is 1. The monoisotopic (exact) mass is 518 g/mol. The molecular formula is C29H24Cl2N2O3. The molecule has 2 bridgehead atoms. The van der Waals surface area contributed by atoms with E-state index in [-0.39, 0.29) is 0 Å². The van der Waals surface area contributed by atoms with Crippen LogP contribution in [0.1, 0.15) is 40.3 Å². The number of alkyl halides is 2. The maximum absolute atomic E-state index is 14.0. The second kappa shape index (κ2) is 7.67. The van der Waals surface area contributed by atoms with Crippen LogP contribution in [0.2, 0.25) is 0 Å². The fourth-order valence-corrected chi connectivity index (χ4v) is 7.41. The van der Waals surface area contributed by atoms with Gasteiger partial charge in [-0.15, -0.1) is 23.2 Å². The van der Waals surface area contributed by atoms with Crippen LogP contribution in [0, 0.1) is 25.7 Å². The molecule has 3 aromatic rings. The van der Waals surface area contributed by atoms with Crippen LogP contribution in [0.5, 0.6) is 0 Å². The molecular weight excluding hydrogens is 495 g/mol. The Morgan fingerprint density at radius 3 is 1.69 bits per heavy atom. The van der Waals surface area contributed by atoms with Crippen molar-refractivity contribution in [2.75, 3.05) is 5.32 Å². The molecule has 3 amide bonds. The number of nitrogens with one attached hydrogen (secondary N) is 1. The minimum atomic E-state index is -1.26. The van der Waals surface area contributed by atoms with Gasteiger partial charge in [0.2, 0.25) is 17.7 Å². The van der Waals surface area contributed by atoms with Crippen molar-refractivity contribution in [3.63, 3.8) is 0 Å². The normalized spacial score (nSPS) is 28.4. The Balaban J connectivity index is 1.45. The molecule has 0 saturated carbocycles. The second-order valence-electron chi connectivity index (χ2n) is 9.93. The van der Waals surface area contributed by atoms with Crippen molar-refractivity contribution in [2.24, 2.45) is 11.8 Å². The average Bonchev–Trinajstić information content (AvgIpc) is 3.15. The van der Waals surface area contributed by atoms with E-state index in [1.807, 2.05) is 74.5 Å². The Kier molecular flexibility index (Phi) is 4.96. The first-order valence-corrected chi connectivity index (χ1v) is 12.7. The lowest BCUT2D eigenvalue weighted by atomic mass is 9.54. The van der Waals surface area contributed by atoms with Crippen molar-refractivity contribution in [2.45, 2.75) is 36.6 Å². The van der Waals surface area contributed by atoms with Gasteiger partial charge in [0.1, 0.15) is 15.8 Å². The topological polar surface area (TPSA) is 66.5 Å². The number of carbonyl (C=O) groups is 3. The first-order valence-electron chi connectivity index (χ1n) is 11.9. The Morgan fingerprint density at radius 1 is 0.806 bits per heavy atom. The number of aryl methyl sites for hydroxylation is 1. The Morgan fingerprint density at radius 2 is 1.25 bits per heavy atom. The maximum Gasteiger partial charge on any atom is 0.247 e. The van der Waals surface area contributed by atoms with Crippen molar-refractivity contribution >= 4 is 46.6 Å². The molecule has 3 atom stereocenters. The molecule has 4 aliphatic rings. The molecule has 5 nitrogen and oxygen atoms in total. The lowest BCUT2D eigenvalue weighted by Gasteiger charge is -2.54. The second-order valence-corrected chi connectivity index (χ2v) is 11.1. The standard InChI is InChI=1S/C29H24Cl2N2O3/c1-15-9-8-14-22(16(15)2)32-25(34)17(3)33-26(35)23-24(27(33)36)29(31)19-11-5-4-10-18(19)28(23,30)20-12-6-7-13-21(20)29/h4-14,17,23-24H,1-3H3,(H,32,34)/t17-,23-,24-,28?,29?/m0/s1. The lowest BCUT2D eigenvalue weighted by molar-refractivity contribution is -0.146. The summed E-state index contributed by atoms with van der Waals surface area (Å²) in [6, 6.07) is 19.5. The van der Waals surface area contributed by atoms with Crippen LogP contribution in [0.4, 0.5) is 5.69 Å². The van der Waals surface area contributed by atoms with Gasteiger partial charge in [-0.05, 0) is 60.2 Å². The molecule has 1 aliphatic heterocycles. The summed E-state index contributed by atoms with van der Waals surface area (Å²) >= 11 is 14.9. The minimum Gasteiger partial charge on any atom is -0.324 e. The Labute approximate surface area is 219 Å². The Bertz CT molecular complexity index is 1360. The van der Waals surface area contributed by atoms with E-state index in [1.165, 1.54) is 0 Å². The number of carbonyl (C=O) groups excluding carboxylic acids is 3. The zero-order valence-corrected chi connectivity index (χ0v) is 21.5. The number of hydrogen-bond donors (Lipinski definition) is 1. The number of imide groups is 1. The van der Waals surface area contributed by atoms with Gasteiger partial charge in [-0.1, -0.05) is 60.7 Å². The molecule has 7 rings (SSSR count). The predicted molar refractivity (Wildman–Crippen MR) is 139 cm³/mol. The zero-order valence-electron chi connectivity index (χ0n) is 20.0. The van der Waals surface area contributed by atoms with Gasteiger partial charge in [-0.25, -0.2) is 0 Å². The summed E-state index contributed by atoms with van der Waals surface area (Å²) in [4.78, 5) is 39.9. The molecule has 3 aromatic carbocycles. The van der Waals surface area contributed by atoms with Gasteiger partial charge >= 0.3 is 0 Å². The average molecular weight is 519 g/mol. The summed E-state index contributed by atoms with van der Waals surface area (Å²) in [5, 5.41) is 2.89. The van der Waals surface area contributed by atoms with Crippen LogP contribution < -0.4 is 5.32 Å². The molecule has 1 heterocycles. The van der Waals surface area contributed by atoms with E-state index in [0.29, 0.717) is 5.69 Å². The van der Waals surface area contributed by atoms with Crippen molar-refractivity contribution in [3.05, 3.63) is 100 Å². The van der Waals surface area contributed by atoms with Crippen LogP contribution in [0.3, 0.4) is 0 Å². The summed E-state index contributed by atoms with van der Waals surface area (Å²) in [7, 11) is 0. The first kappa shape index (κ1) is 23.3. The van der Waals surface area contributed by atoms with Crippen molar-refractivity contribution in [1.29, 1.82) is 0 Å². The van der Waals surface area contributed by atoms with E-state index in [2.05, 4.69) is 5.32 Å². The molecule has 7 heteroatoms. The third-order valence-electron chi connectivity index (χ3n) is 8.25. The van der Waals surface area contributed by atoms with E-state index < -0.39 is 45.3 Å². The zero-order chi connectivity index (χ0) is 25.6. The quantitative estimate of drug-likeness (QED) is 0.381. The Hall–Kier alpha value is -3.15. The van der Waals surface area contributed by atoms with Crippen LogP contribution in [-0.2, 0) is 24.1 Å². The lowest BCUT2D eigenvalue weighted by Crippen LogP contribution is -2.57. The molecule has 1 fully saturated rings. The van der Waals surface area contributed by atoms with Crippen molar-refractivity contribution in [3.8, 4) is 0 Å². The molecule has 3 aliphatic carbocycles. The van der Waals surface area contributed by atoms with Gasteiger partial charge < -0.3 is 5.32 Å². The molecule has 0 unspecified atom stereocenters. The highest BCUT2D eigenvalue weighted by Crippen LogP contribution is 2.69. The number of halogens is 2. The number of benzene rings is 3. The van der Waals surface area contributed by atoms with Crippen LogP contribution in [-0.4, -0.2) is 28.7 Å². The molecule has 36 heavy (non-hydrogen) atoms. The fourth-order valence-electron chi connectivity index (χ4n) is 6.31. The molecule has 182 valence electrons. The van der Waals surface area contributed by atoms with Crippen molar-refractivity contribution < 1.29 is 14.4 Å². The molecule has 0 spiro atoms. The SMILES string of the molecule is Cc1cccc(NC(=O)[C@H](C)N2C(=O)[C@@H]3[C@@H](C2=O)C2(Cl)c4ccccc4C3(Cl)c3ccccc32)c1C. The van der Waals surface area contributed by atoms with Gasteiger partial charge in [0.25, 0.3) is 0 Å². The summed E-state index contributed by atoms with van der Waals surface area (Å²) in [6.45, 7) is 5.44. The van der Waals surface area contributed by atoms with Crippen LogP contribution >= 0.6 is 23.2 Å². The highest BCUT2D eigenvalue weighted by Gasteiger charge is 2.73. The summed E-state index contributed by atoms with van der Waals surface area (Å²) in [5.74, 6) is -3.25. The fraction of sp³-hybridized carbons (Fsp3) is 0.276. The number of amides is 3. The van der Waals surface area contributed by atoms with E-state index in [0.717, 1.165) is 38.3 Å². The first-order chi connectivity index (χ1) is 17.1. The third-order valence-corrected chi connectivity index (χ3v) is 9.53. The van der Waals surface area contributed by atoms with Crippen molar-refractivity contribution in [1.82, 2.24) is 4.90 Å². The molecule has 1 saturated heterocycles. The number of anilines is 1. The largest absolute Gasteiger partial charge is 0.324 e. The maximum atomic E-state index is 14.0. The smallest absolute Gasteiger partial charge is 0.247 e. The van der Waals surface area contributed by atoms with Gasteiger partial charge in [0.15, 0.2) is 0 Å². The van der Waals surface area contributed by atoms with E-state index in [1.54, 1.807) is 13.0 Å². The third kappa shape index (κ3) is 2.70. The van der Waals surface area contributed by atoms with E-state index >= 15 is 0 Å². The minimum absolute atomic E-state index is 0.446. The summed E-state index contributed by atoms with van der Waals surface area (Å²) < 4.78 is 0. The molecule has 1 N–H and O–H groups in total.